The first-order chi connectivity index (χ1) is 7.13. The number of nitrogens with one attached hydrogen (secondary N) is 1. The molecule has 2 N–H and O–H groups in total. The Morgan fingerprint density at radius 2 is 1.87 bits per heavy atom. The van der Waals surface area contributed by atoms with Gasteiger partial charge in [0, 0.05) is 12.6 Å². The molecule has 0 saturated carbocycles. The van der Waals surface area contributed by atoms with Crippen molar-refractivity contribution >= 4 is 0 Å². The summed E-state index contributed by atoms with van der Waals surface area (Å²) in [5.74, 6) is 0. The van der Waals surface area contributed by atoms with Gasteiger partial charge in [-0.2, -0.15) is 0 Å². The van der Waals surface area contributed by atoms with Crippen LogP contribution in [0.2, 0.25) is 0 Å². The standard InChI is InChI=1S/C13H21NO/c1-4-11(3)14-9-13(15)12-7-5-10(2)6-8-12/h5-8,11,13-15H,4,9H2,1-3H3. The molecule has 0 fully saturated rings. The van der Waals surface area contributed by atoms with Crippen molar-refractivity contribution in [3.8, 4) is 0 Å². The molecule has 0 aliphatic rings. The maximum absolute atomic E-state index is 9.89. The van der Waals surface area contributed by atoms with Gasteiger partial charge in [-0.1, -0.05) is 36.8 Å². The van der Waals surface area contributed by atoms with Gasteiger partial charge in [0.05, 0.1) is 6.10 Å². The fourth-order valence-electron chi connectivity index (χ4n) is 1.36. The van der Waals surface area contributed by atoms with Crippen molar-refractivity contribution in [3.63, 3.8) is 0 Å². The van der Waals surface area contributed by atoms with Gasteiger partial charge in [-0.15, -0.1) is 0 Å². The normalized spacial score (nSPS) is 14.9. The zero-order valence-corrected chi connectivity index (χ0v) is 9.83. The van der Waals surface area contributed by atoms with E-state index in [0.29, 0.717) is 12.6 Å². The molecule has 84 valence electrons. The van der Waals surface area contributed by atoms with Crippen LogP contribution < -0.4 is 5.32 Å². The molecule has 2 unspecified atom stereocenters. The first kappa shape index (κ1) is 12.2. The first-order valence-electron chi connectivity index (χ1n) is 5.61. The summed E-state index contributed by atoms with van der Waals surface area (Å²) < 4.78 is 0. The average molecular weight is 207 g/mol. The van der Waals surface area contributed by atoms with Gasteiger partial charge in [-0.3, -0.25) is 0 Å². The van der Waals surface area contributed by atoms with E-state index < -0.39 is 6.10 Å². The zero-order valence-electron chi connectivity index (χ0n) is 9.83. The lowest BCUT2D eigenvalue weighted by atomic mass is 10.1. The third-order valence-electron chi connectivity index (χ3n) is 2.73. The molecular weight excluding hydrogens is 186 g/mol. The number of aryl methyl sites for hydroxylation is 1. The predicted octanol–water partition coefficient (Wildman–Crippen LogP) is 2.42. The second-order valence-electron chi connectivity index (χ2n) is 4.14. The number of hydrogen-bond donors (Lipinski definition) is 2. The maximum atomic E-state index is 9.89. The molecule has 0 amide bonds. The highest BCUT2D eigenvalue weighted by Gasteiger charge is 2.07. The molecule has 0 bridgehead atoms. The van der Waals surface area contributed by atoms with Gasteiger partial charge < -0.3 is 10.4 Å². The topological polar surface area (TPSA) is 32.3 Å². The molecule has 0 spiro atoms. The van der Waals surface area contributed by atoms with Gasteiger partial charge in [0.1, 0.15) is 0 Å². The van der Waals surface area contributed by atoms with Crippen LogP contribution in [0.1, 0.15) is 37.5 Å². The highest BCUT2D eigenvalue weighted by atomic mass is 16.3. The van der Waals surface area contributed by atoms with E-state index in [4.69, 9.17) is 0 Å². The molecule has 1 aromatic carbocycles. The Morgan fingerprint density at radius 1 is 1.27 bits per heavy atom. The Labute approximate surface area is 92.3 Å². The lowest BCUT2D eigenvalue weighted by Crippen LogP contribution is -2.29. The van der Waals surface area contributed by atoms with E-state index >= 15 is 0 Å². The van der Waals surface area contributed by atoms with Crippen molar-refractivity contribution in [3.05, 3.63) is 35.4 Å². The quantitative estimate of drug-likeness (QED) is 0.777. The smallest absolute Gasteiger partial charge is 0.0914 e. The largest absolute Gasteiger partial charge is 0.387 e. The summed E-state index contributed by atoms with van der Waals surface area (Å²) >= 11 is 0. The van der Waals surface area contributed by atoms with Gasteiger partial charge in [0.2, 0.25) is 0 Å². The van der Waals surface area contributed by atoms with E-state index in [9.17, 15) is 5.11 Å². The number of rotatable bonds is 5. The minimum absolute atomic E-state index is 0.403. The van der Waals surface area contributed by atoms with Crippen LogP contribution in [0.15, 0.2) is 24.3 Å². The monoisotopic (exact) mass is 207 g/mol. The summed E-state index contributed by atoms with van der Waals surface area (Å²) in [6.07, 6.45) is 0.681. The van der Waals surface area contributed by atoms with E-state index in [1.54, 1.807) is 0 Å². The van der Waals surface area contributed by atoms with Crippen LogP contribution in [0, 0.1) is 6.92 Å². The third kappa shape index (κ3) is 4.02. The molecular formula is C13H21NO. The van der Waals surface area contributed by atoms with Crippen LogP contribution >= 0.6 is 0 Å². The van der Waals surface area contributed by atoms with Crippen LogP contribution in [0.25, 0.3) is 0 Å². The Kier molecular flexibility index (Phi) is 4.79. The molecule has 0 saturated heterocycles. The number of aliphatic hydroxyl groups is 1. The highest BCUT2D eigenvalue weighted by Crippen LogP contribution is 2.12. The van der Waals surface area contributed by atoms with Crippen LogP contribution in [-0.2, 0) is 0 Å². The number of benzene rings is 1. The summed E-state index contributed by atoms with van der Waals surface area (Å²) in [7, 11) is 0. The second-order valence-corrected chi connectivity index (χ2v) is 4.14. The molecule has 2 nitrogen and oxygen atoms in total. The molecule has 1 rings (SSSR count). The Morgan fingerprint density at radius 3 is 2.40 bits per heavy atom. The van der Waals surface area contributed by atoms with E-state index in [1.165, 1.54) is 5.56 Å². The van der Waals surface area contributed by atoms with Crippen molar-refractivity contribution in [1.82, 2.24) is 5.32 Å². The van der Waals surface area contributed by atoms with E-state index in [-0.39, 0.29) is 0 Å². The molecule has 0 aliphatic heterocycles. The van der Waals surface area contributed by atoms with Crippen molar-refractivity contribution in [1.29, 1.82) is 0 Å². The molecule has 15 heavy (non-hydrogen) atoms. The van der Waals surface area contributed by atoms with Crippen LogP contribution in [0.4, 0.5) is 0 Å². The van der Waals surface area contributed by atoms with Crippen molar-refractivity contribution < 1.29 is 5.11 Å². The van der Waals surface area contributed by atoms with Crippen molar-refractivity contribution in [2.75, 3.05) is 6.54 Å². The van der Waals surface area contributed by atoms with Gasteiger partial charge >= 0.3 is 0 Å². The van der Waals surface area contributed by atoms with Gasteiger partial charge in [-0.05, 0) is 25.8 Å². The molecule has 0 heterocycles. The summed E-state index contributed by atoms with van der Waals surface area (Å²) in [5.41, 5.74) is 2.21. The van der Waals surface area contributed by atoms with Gasteiger partial charge in [0.15, 0.2) is 0 Å². The molecule has 2 atom stereocenters. The number of hydrogen-bond acceptors (Lipinski definition) is 2. The third-order valence-corrected chi connectivity index (χ3v) is 2.73. The van der Waals surface area contributed by atoms with Crippen molar-refractivity contribution in [2.45, 2.75) is 39.3 Å². The Bertz CT molecular complexity index is 281. The first-order valence-corrected chi connectivity index (χ1v) is 5.61. The lowest BCUT2D eigenvalue weighted by Gasteiger charge is -2.16. The molecule has 0 aliphatic carbocycles. The molecule has 2 heteroatoms. The fraction of sp³-hybridized carbons (Fsp3) is 0.538. The zero-order chi connectivity index (χ0) is 11.3. The van der Waals surface area contributed by atoms with Crippen LogP contribution in [-0.4, -0.2) is 17.7 Å². The lowest BCUT2D eigenvalue weighted by molar-refractivity contribution is 0.170. The summed E-state index contributed by atoms with van der Waals surface area (Å²) in [5, 5.41) is 13.2. The van der Waals surface area contributed by atoms with E-state index in [0.717, 1.165) is 12.0 Å². The molecule has 0 aromatic heterocycles. The summed E-state index contributed by atoms with van der Waals surface area (Å²) in [6, 6.07) is 8.49. The minimum atomic E-state index is -0.403. The summed E-state index contributed by atoms with van der Waals surface area (Å²) in [4.78, 5) is 0. The molecule has 1 aromatic rings. The minimum Gasteiger partial charge on any atom is -0.387 e. The summed E-state index contributed by atoms with van der Waals surface area (Å²) in [6.45, 7) is 6.93. The van der Waals surface area contributed by atoms with E-state index in [2.05, 4.69) is 19.2 Å². The van der Waals surface area contributed by atoms with Crippen molar-refractivity contribution in [2.24, 2.45) is 0 Å². The average Bonchev–Trinajstić information content (AvgIpc) is 2.26. The highest BCUT2D eigenvalue weighted by molar-refractivity contribution is 5.23. The maximum Gasteiger partial charge on any atom is 0.0914 e. The van der Waals surface area contributed by atoms with Crippen LogP contribution in [0.3, 0.4) is 0 Å². The molecule has 0 radical (unpaired) electrons. The van der Waals surface area contributed by atoms with Gasteiger partial charge in [-0.25, -0.2) is 0 Å². The van der Waals surface area contributed by atoms with E-state index in [1.807, 2.05) is 31.2 Å². The SMILES string of the molecule is CCC(C)NCC(O)c1ccc(C)cc1. The Balaban J connectivity index is 2.46. The van der Waals surface area contributed by atoms with Crippen LogP contribution in [0.5, 0.6) is 0 Å². The predicted molar refractivity (Wildman–Crippen MR) is 63.9 cm³/mol. The van der Waals surface area contributed by atoms with Gasteiger partial charge in [0.25, 0.3) is 0 Å². The second kappa shape index (κ2) is 5.89. The number of aliphatic hydroxyl groups excluding tert-OH is 1. The fourth-order valence-corrected chi connectivity index (χ4v) is 1.36. The Hall–Kier alpha value is -0.860.